The monoisotopic (exact) mass is 310 g/mol. The Labute approximate surface area is 137 Å². The molecule has 0 atom stereocenters. The summed E-state index contributed by atoms with van der Waals surface area (Å²) in [6.45, 7) is 4.76. The lowest BCUT2D eigenvalue weighted by atomic mass is 9.79. The van der Waals surface area contributed by atoms with E-state index >= 15 is 0 Å². The molecule has 0 aromatic heterocycles. The van der Waals surface area contributed by atoms with Crippen molar-refractivity contribution in [3.05, 3.63) is 59.7 Å². The standard InChI is InChI=1S/C20H22O3/c1-14(2)12-23-19(21)20(13-22-3)17-10-6-4-8-15(17)16-9-5-7-11-18(16)20/h4-11,14H,12-13H2,1-3H3. The van der Waals surface area contributed by atoms with Crippen LogP contribution in [-0.4, -0.2) is 26.3 Å². The zero-order valence-corrected chi connectivity index (χ0v) is 13.8. The van der Waals surface area contributed by atoms with E-state index in [9.17, 15) is 4.79 Å². The van der Waals surface area contributed by atoms with E-state index in [1.54, 1.807) is 7.11 Å². The third-order valence-corrected chi connectivity index (χ3v) is 4.32. The summed E-state index contributed by atoms with van der Waals surface area (Å²) < 4.78 is 11.1. The van der Waals surface area contributed by atoms with Gasteiger partial charge in [0.25, 0.3) is 0 Å². The van der Waals surface area contributed by atoms with E-state index in [0.29, 0.717) is 12.5 Å². The summed E-state index contributed by atoms with van der Waals surface area (Å²) in [5.41, 5.74) is 3.23. The number of ether oxygens (including phenoxy) is 2. The summed E-state index contributed by atoms with van der Waals surface area (Å²) >= 11 is 0. The number of carbonyl (C=O) groups excluding carboxylic acids is 1. The number of benzene rings is 2. The van der Waals surface area contributed by atoms with Gasteiger partial charge < -0.3 is 9.47 Å². The van der Waals surface area contributed by atoms with E-state index in [1.165, 1.54) is 0 Å². The summed E-state index contributed by atoms with van der Waals surface area (Å²) in [7, 11) is 1.63. The highest BCUT2D eigenvalue weighted by Gasteiger charge is 2.50. The lowest BCUT2D eigenvalue weighted by Gasteiger charge is -2.29. The van der Waals surface area contributed by atoms with Crippen molar-refractivity contribution in [1.82, 2.24) is 0 Å². The smallest absolute Gasteiger partial charge is 0.323 e. The second-order valence-corrected chi connectivity index (χ2v) is 6.42. The second kappa shape index (κ2) is 6.17. The van der Waals surface area contributed by atoms with Crippen molar-refractivity contribution < 1.29 is 14.3 Å². The van der Waals surface area contributed by atoms with Crippen molar-refractivity contribution in [3.8, 4) is 11.1 Å². The van der Waals surface area contributed by atoms with E-state index in [-0.39, 0.29) is 12.6 Å². The van der Waals surface area contributed by atoms with Crippen LogP contribution in [-0.2, 0) is 19.7 Å². The number of esters is 1. The van der Waals surface area contributed by atoms with E-state index in [4.69, 9.17) is 9.47 Å². The number of hydrogen-bond acceptors (Lipinski definition) is 3. The normalized spacial score (nSPS) is 14.4. The highest BCUT2D eigenvalue weighted by Crippen LogP contribution is 2.49. The minimum atomic E-state index is -0.878. The fourth-order valence-electron chi connectivity index (χ4n) is 3.34. The third-order valence-electron chi connectivity index (χ3n) is 4.32. The molecule has 0 bridgehead atoms. The lowest BCUT2D eigenvalue weighted by Crippen LogP contribution is -2.41. The highest BCUT2D eigenvalue weighted by molar-refractivity contribution is 5.98. The molecule has 3 nitrogen and oxygen atoms in total. The zero-order valence-electron chi connectivity index (χ0n) is 13.8. The Hall–Kier alpha value is -2.13. The molecule has 2 aromatic carbocycles. The van der Waals surface area contributed by atoms with Crippen molar-refractivity contribution >= 4 is 5.97 Å². The number of methoxy groups -OCH3 is 1. The molecule has 0 amide bonds. The molecule has 0 aliphatic heterocycles. The van der Waals surface area contributed by atoms with Gasteiger partial charge in [-0.1, -0.05) is 62.4 Å². The zero-order chi connectivity index (χ0) is 16.4. The summed E-state index contributed by atoms with van der Waals surface area (Å²) in [6.07, 6.45) is 0. The molecule has 0 heterocycles. The number of rotatable bonds is 5. The molecule has 0 saturated heterocycles. The summed E-state index contributed by atoms with van der Waals surface area (Å²) in [4.78, 5) is 13.1. The number of fused-ring (bicyclic) bond motifs is 3. The average Bonchev–Trinajstić information content (AvgIpc) is 2.85. The van der Waals surface area contributed by atoms with Crippen LogP contribution in [0.2, 0.25) is 0 Å². The van der Waals surface area contributed by atoms with Crippen LogP contribution in [0.5, 0.6) is 0 Å². The van der Waals surface area contributed by atoms with Crippen molar-refractivity contribution in [3.63, 3.8) is 0 Å². The molecule has 23 heavy (non-hydrogen) atoms. The van der Waals surface area contributed by atoms with Crippen molar-refractivity contribution in [2.45, 2.75) is 19.3 Å². The van der Waals surface area contributed by atoms with Gasteiger partial charge >= 0.3 is 5.97 Å². The Kier molecular flexibility index (Phi) is 4.22. The molecule has 0 spiro atoms. The molecule has 0 unspecified atom stereocenters. The van der Waals surface area contributed by atoms with Gasteiger partial charge in [0.1, 0.15) is 5.41 Å². The summed E-state index contributed by atoms with van der Waals surface area (Å²) in [5, 5.41) is 0. The fourth-order valence-corrected chi connectivity index (χ4v) is 3.34. The quantitative estimate of drug-likeness (QED) is 0.788. The molecule has 0 radical (unpaired) electrons. The molecule has 0 fully saturated rings. The summed E-state index contributed by atoms with van der Waals surface area (Å²) in [6, 6.07) is 16.0. The average molecular weight is 310 g/mol. The van der Waals surface area contributed by atoms with Crippen LogP contribution < -0.4 is 0 Å². The van der Waals surface area contributed by atoms with Crippen LogP contribution in [0, 0.1) is 5.92 Å². The molecular formula is C20H22O3. The highest BCUT2D eigenvalue weighted by atomic mass is 16.5. The predicted molar refractivity (Wildman–Crippen MR) is 90.3 cm³/mol. The minimum Gasteiger partial charge on any atom is -0.464 e. The van der Waals surface area contributed by atoms with E-state index < -0.39 is 5.41 Å². The molecular weight excluding hydrogens is 288 g/mol. The Bertz CT molecular complexity index is 673. The van der Waals surface area contributed by atoms with Crippen LogP contribution >= 0.6 is 0 Å². The van der Waals surface area contributed by atoms with Gasteiger partial charge in [0, 0.05) is 7.11 Å². The van der Waals surface area contributed by atoms with Gasteiger partial charge in [-0.3, -0.25) is 4.79 Å². The predicted octanol–water partition coefficient (Wildman–Crippen LogP) is 3.80. The van der Waals surface area contributed by atoms with E-state index in [0.717, 1.165) is 22.3 Å². The Morgan fingerprint density at radius 1 is 1.00 bits per heavy atom. The van der Waals surface area contributed by atoms with Gasteiger partial charge in [0.05, 0.1) is 13.2 Å². The van der Waals surface area contributed by atoms with Crippen LogP contribution in [0.3, 0.4) is 0 Å². The largest absolute Gasteiger partial charge is 0.464 e. The van der Waals surface area contributed by atoms with Crippen molar-refractivity contribution in [2.75, 3.05) is 20.3 Å². The molecule has 2 aromatic rings. The Balaban J connectivity index is 2.17. The van der Waals surface area contributed by atoms with Crippen LogP contribution in [0.1, 0.15) is 25.0 Å². The van der Waals surface area contributed by atoms with Crippen LogP contribution in [0.25, 0.3) is 11.1 Å². The maximum absolute atomic E-state index is 13.1. The van der Waals surface area contributed by atoms with Gasteiger partial charge in [-0.15, -0.1) is 0 Å². The Morgan fingerprint density at radius 3 is 2.00 bits per heavy atom. The first-order chi connectivity index (χ1) is 11.1. The third kappa shape index (κ3) is 2.45. The maximum atomic E-state index is 13.1. The second-order valence-electron chi connectivity index (χ2n) is 6.42. The molecule has 3 heteroatoms. The number of carbonyl (C=O) groups is 1. The topological polar surface area (TPSA) is 35.5 Å². The summed E-state index contributed by atoms with van der Waals surface area (Å²) in [5.74, 6) is 0.0656. The Morgan fingerprint density at radius 2 is 1.52 bits per heavy atom. The van der Waals surface area contributed by atoms with Crippen LogP contribution in [0.4, 0.5) is 0 Å². The minimum absolute atomic E-state index is 0.231. The molecule has 120 valence electrons. The molecule has 1 aliphatic rings. The van der Waals surface area contributed by atoms with Gasteiger partial charge in [-0.2, -0.15) is 0 Å². The van der Waals surface area contributed by atoms with Gasteiger partial charge in [0.2, 0.25) is 0 Å². The molecule has 0 saturated carbocycles. The van der Waals surface area contributed by atoms with Gasteiger partial charge in [-0.25, -0.2) is 0 Å². The van der Waals surface area contributed by atoms with Crippen molar-refractivity contribution in [1.29, 1.82) is 0 Å². The van der Waals surface area contributed by atoms with Gasteiger partial charge in [0.15, 0.2) is 0 Å². The molecule has 3 rings (SSSR count). The van der Waals surface area contributed by atoms with Gasteiger partial charge in [-0.05, 0) is 28.2 Å². The fraction of sp³-hybridized carbons (Fsp3) is 0.350. The van der Waals surface area contributed by atoms with Crippen LogP contribution in [0.15, 0.2) is 48.5 Å². The first-order valence-electron chi connectivity index (χ1n) is 7.97. The maximum Gasteiger partial charge on any atom is 0.323 e. The number of hydrogen-bond donors (Lipinski definition) is 0. The molecule has 0 N–H and O–H groups in total. The first kappa shape index (κ1) is 15.8. The SMILES string of the molecule is COCC1(C(=O)OCC(C)C)c2ccccc2-c2ccccc21. The lowest BCUT2D eigenvalue weighted by molar-refractivity contribution is -0.151. The van der Waals surface area contributed by atoms with Crippen molar-refractivity contribution in [2.24, 2.45) is 5.92 Å². The van der Waals surface area contributed by atoms with E-state index in [1.807, 2.05) is 50.2 Å². The molecule has 1 aliphatic carbocycles. The first-order valence-corrected chi connectivity index (χ1v) is 7.97. The van der Waals surface area contributed by atoms with E-state index in [2.05, 4.69) is 12.1 Å².